The van der Waals surface area contributed by atoms with Gasteiger partial charge in [0.15, 0.2) is 0 Å². The van der Waals surface area contributed by atoms with Gasteiger partial charge < -0.3 is 4.90 Å². The van der Waals surface area contributed by atoms with E-state index >= 15 is 0 Å². The van der Waals surface area contributed by atoms with Gasteiger partial charge in [-0.3, -0.25) is 10.1 Å². The summed E-state index contributed by atoms with van der Waals surface area (Å²) >= 11 is 1.62. The monoisotopic (exact) mass is 210 g/mol. The lowest BCUT2D eigenvalue weighted by molar-refractivity contribution is -0.139. The van der Waals surface area contributed by atoms with E-state index in [0.29, 0.717) is 0 Å². The molecule has 2 heterocycles. The van der Waals surface area contributed by atoms with Crippen LogP contribution in [0.4, 0.5) is 0 Å². The summed E-state index contributed by atoms with van der Waals surface area (Å²) in [5, 5.41) is 5.30. The van der Waals surface area contributed by atoms with E-state index in [1.54, 1.807) is 16.2 Å². The van der Waals surface area contributed by atoms with Crippen molar-refractivity contribution in [3.05, 3.63) is 22.4 Å². The van der Waals surface area contributed by atoms with Gasteiger partial charge in [0.2, 0.25) is 5.91 Å². The molecule has 3 nitrogen and oxygen atoms in total. The summed E-state index contributed by atoms with van der Waals surface area (Å²) in [5.41, 5.74) is -0.513. The predicted molar refractivity (Wildman–Crippen MR) is 57.3 cm³/mol. The highest BCUT2D eigenvalue weighted by Gasteiger charge is 2.40. The van der Waals surface area contributed by atoms with Crippen molar-refractivity contribution < 1.29 is 4.79 Å². The molecule has 1 aliphatic rings. The average Bonchev–Trinajstić information content (AvgIpc) is 2.67. The number of likely N-dealkylation sites (N-methyl/N-ethyl adjacent to an activating group) is 1. The second kappa shape index (κ2) is 3.37. The van der Waals surface area contributed by atoms with E-state index in [0.717, 1.165) is 18.0 Å². The smallest absolute Gasteiger partial charge is 0.247 e. The zero-order valence-corrected chi connectivity index (χ0v) is 9.23. The number of thiophene rings is 1. The first-order valence-corrected chi connectivity index (χ1v) is 5.57. The van der Waals surface area contributed by atoms with E-state index in [4.69, 9.17) is 0 Å². The summed E-state index contributed by atoms with van der Waals surface area (Å²) in [5.74, 6) is 0.159. The van der Waals surface area contributed by atoms with E-state index in [1.807, 2.05) is 31.5 Å². The lowest BCUT2D eigenvalue weighted by atomic mass is 9.96. The van der Waals surface area contributed by atoms with Crippen LogP contribution in [0.15, 0.2) is 17.5 Å². The Hall–Kier alpha value is -0.870. The van der Waals surface area contributed by atoms with Crippen LogP contribution in [-0.2, 0) is 10.3 Å². The van der Waals surface area contributed by atoms with Crippen LogP contribution in [0, 0.1) is 0 Å². The zero-order chi connectivity index (χ0) is 10.2. The van der Waals surface area contributed by atoms with Gasteiger partial charge in [-0.15, -0.1) is 11.3 Å². The van der Waals surface area contributed by atoms with E-state index in [9.17, 15) is 4.79 Å². The fourth-order valence-corrected chi connectivity index (χ4v) is 2.64. The Bertz CT molecular complexity index is 336. The van der Waals surface area contributed by atoms with E-state index in [-0.39, 0.29) is 5.91 Å². The van der Waals surface area contributed by atoms with Crippen molar-refractivity contribution in [1.82, 2.24) is 10.2 Å². The van der Waals surface area contributed by atoms with Crippen LogP contribution < -0.4 is 5.32 Å². The number of rotatable bonds is 1. The van der Waals surface area contributed by atoms with Crippen molar-refractivity contribution in [3.63, 3.8) is 0 Å². The molecule has 76 valence electrons. The van der Waals surface area contributed by atoms with E-state index < -0.39 is 5.54 Å². The molecule has 1 N–H and O–H groups in total. The second-order valence-electron chi connectivity index (χ2n) is 3.76. The van der Waals surface area contributed by atoms with Gasteiger partial charge in [-0.25, -0.2) is 0 Å². The highest BCUT2D eigenvalue weighted by atomic mass is 32.1. The number of amides is 1. The topological polar surface area (TPSA) is 32.3 Å². The molecule has 0 radical (unpaired) electrons. The number of hydrogen-bond acceptors (Lipinski definition) is 3. The minimum atomic E-state index is -0.513. The van der Waals surface area contributed by atoms with Gasteiger partial charge in [0.25, 0.3) is 0 Å². The molecule has 1 aromatic heterocycles. The minimum Gasteiger partial charge on any atom is -0.343 e. The van der Waals surface area contributed by atoms with E-state index in [2.05, 4.69) is 5.32 Å². The van der Waals surface area contributed by atoms with Crippen LogP contribution >= 0.6 is 11.3 Å². The highest BCUT2D eigenvalue weighted by Crippen LogP contribution is 2.28. The number of carbonyl (C=O) groups excluding carboxylic acids is 1. The standard InChI is InChI=1S/C10H14N2OS/c1-10(8-4-3-7-14-8)9(13)12(2)6-5-11-10/h3-4,7,11H,5-6H2,1-2H3. The Labute approximate surface area is 87.7 Å². The SMILES string of the molecule is CN1CCNC(C)(c2cccs2)C1=O. The molecular weight excluding hydrogens is 196 g/mol. The van der Waals surface area contributed by atoms with Gasteiger partial charge >= 0.3 is 0 Å². The van der Waals surface area contributed by atoms with Crippen LogP contribution in [0.5, 0.6) is 0 Å². The Morgan fingerprint density at radius 1 is 1.64 bits per heavy atom. The second-order valence-corrected chi connectivity index (χ2v) is 4.70. The van der Waals surface area contributed by atoms with Gasteiger partial charge in [0, 0.05) is 25.0 Å². The molecule has 4 heteroatoms. The normalized spacial score (nSPS) is 28.1. The van der Waals surface area contributed by atoms with Crippen LogP contribution in [0.1, 0.15) is 11.8 Å². The molecule has 14 heavy (non-hydrogen) atoms. The molecule has 1 amide bonds. The van der Waals surface area contributed by atoms with Gasteiger partial charge in [0.1, 0.15) is 5.54 Å². The van der Waals surface area contributed by atoms with Crippen molar-refractivity contribution in [1.29, 1.82) is 0 Å². The molecule has 2 rings (SSSR count). The van der Waals surface area contributed by atoms with Gasteiger partial charge in [-0.1, -0.05) is 6.07 Å². The lowest BCUT2D eigenvalue weighted by Crippen LogP contribution is -2.59. The molecule has 1 aromatic rings. The molecule has 1 saturated heterocycles. The average molecular weight is 210 g/mol. The van der Waals surface area contributed by atoms with Gasteiger partial charge in [0.05, 0.1) is 0 Å². The fourth-order valence-electron chi connectivity index (χ4n) is 1.79. The van der Waals surface area contributed by atoms with Crippen LogP contribution in [0.3, 0.4) is 0 Å². The zero-order valence-electron chi connectivity index (χ0n) is 8.41. The molecule has 1 fully saturated rings. The molecule has 1 aliphatic heterocycles. The van der Waals surface area contributed by atoms with Crippen molar-refractivity contribution >= 4 is 17.2 Å². The Morgan fingerprint density at radius 2 is 2.43 bits per heavy atom. The third-order valence-corrected chi connectivity index (χ3v) is 3.81. The summed E-state index contributed by atoms with van der Waals surface area (Å²) in [6, 6.07) is 3.99. The van der Waals surface area contributed by atoms with Crippen LogP contribution in [0.25, 0.3) is 0 Å². The fraction of sp³-hybridized carbons (Fsp3) is 0.500. The molecule has 0 spiro atoms. The minimum absolute atomic E-state index is 0.159. The predicted octanol–water partition coefficient (Wildman–Crippen LogP) is 1.02. The first-order valence-electron chi connectivity index (χ1n) is 4.69. The molecule has 0 aliphatic carbocycles. The summed E-state index contributed by atoms with van der Waals surface area (Å²) in [6.45, 7) is 3.60. The Morgan fingerprint density at radius 3 is 3.07 bits per heavy atom. The number of nitrogens with zero attached hydrogens (tertiary/aromatic N) is 1. The largest absolute Gasteiger partial charge is 0.343 e. The summed E-state index contributed by atoms with van der Waals surface area (Å²) in [6.07, 6.45) is 0. The number of hydrogen-bond donors (Lipinski definition) is 1. The number of piperazine rings is 1. The summed E-state index contributed by atoms with van der Waals surface area (Å²) < 4.78 is 0. The van der Waals surface area contributed by atoms with Crippen LogP contribution in [-0.4, -0.2) is 30.9 Å². The third kappa shape index (κ3) is 1.35. The molecule has 0 saturated carbocycles. The quantitative estimate of drug-likeness (QED) is 0.750. The Balaban J connectivity index is 2.35. The lowest BCUT2D eigenvalue weighted by Gasteiger charge is -2.38. The maximum atomic E-state index is 12.0. The molecule has 1 unspecified atom stereocenters. The molecule has 1 atom stereocenters. The van der Waals surface area contributed by atoms with Crippen molar-refractivity contribution in [3.8, 4) is 0 Å². The van der Waals surface area contributed by atoms with Crippen LogP contribution in [0.2, 0.25) is 0 Å². The first-order chi connectivity index (χ1) is 6.64. The van der Waals surface area contributed by atoms with Gasteiger partial charge in [-0.05, 0) is 18.4 Å². The van der Waals surface area contributed by atoms with Crippen molar-refractivity contribution in [2.45, 2.75) is 12.5 Å². The molecule has 0 bridgehead atoms. The summed E-state index contributed by atoms with van der Waals surface area (Å²) in [4.78, 5) is 14.9. The highest BCUT2D eigenvalue weighted by molar-refractivity contribution is 7.10. The first kappa shape index (κ1) is 9.68. The van der Waals surface area contributed by atoms with Crippen molar-refractivity contribution in [2.24, 2.45) is 0 Å². The van der Waals surface area contributed by atoms with E-state index in [1.165, 1.54) is 0 Å². The van der Waals surface area contributed by atoms with Crippen molar-refractivity contribution in [2.75, 3.05) is 20.1 Å². The number of nitrogens with one attached hydrogen (secondary N) is 1. The van der Waals surface area contributed by atoms with Gasteiger partial charge in [-0.2, -0.15) is 0 Å². The molecule has 0 aromatic carbocycles. The molecular formula is C10H14N2OS. The third-order valence-electron chi connectivity index (χ3n) is 2.71. The summed E-state index contributed by atoms with van der Waals surface area (Å²) in [7, 11) is 1.86. The maximum Gasteiger partial charge on any atom is 0.247 e. The maximum absolute atomic E-state index is 12.0. The number of carbonyl (C=O) groups is 1. The Kier molecular flexibility index (Phi) is 2.33.